The first-order valence-electron chi connectivity index (χ1n) is 6.41. The molecule has 1 saturated heterocycles. The summed E-state index contributed by atoms with van der Waals surface area (Å²) in [6, 6.07) is 0.477. The summed E-state index contributed by atoms with van der Waals surface area (Å²) in [4.78, 5) is 0. The normalized spacial score (nSPS) is 22.1. The molecule has 0 amide bonds. The molecule has 1 N–H and O–H groups in total. The Morgan fingerprint density at radius 1 is 1.44 bits per heavy atom. The maximum atomic E-state index is 5.64. The van der Waals surface area contributed by atoms with Gasteiger partial charge in [-0.3, -0.25) is 4.68 Å². The van der Waals surface area contributed by atoms with Crippen LogP contribution in [0.2, 0.25) is 0 Å². The van der Waals surface area contributed by atoms with Gasteiger partial charge in [0.1, 0.15) is 0 Å². The molecule has 1 aromatic rings. The Labute approximate surface area is 108 Å². The van der Waals surface area contributed by atoms with E-state index in [-0.39, 0.29) is 12.1 Å². The number of aryl methyl sites for hydroxylation is 1. The standard InChI is InChI=1S/C13H23N3O2/c1-9(12-6-14-16(5)10(12)2)15-11-7-17-13(3,4)18-8-11/h6,9,11,15H,7-8H2,1-5H3. The third-order valence-electron chi connectivity index (χ3n) is 3.49. The van der Waals surface area contributed by atoms with E-state index < -0.39 is 5.79 Å². The summed E-state index contributed by atoms with van der Waals surface area (Å²) in [5, 5.41) is 7.79. The highest BCUT2D eigenvalue weighted by molar-refractivity contribution is 5.19. The molecular formula is C13H23N3O2. The summed E-state index contributed by atoms with van der Waals surface area (Å²) in [6.45, 7) is 9.46. The van der Waals surface area contributed by atoms with Gasteiger partial charge in [0.25, 0.3) is 0 Å². The van der Waals surface area contributed by atoms with Crippen LogP contribution < -0.4 is 5.32 Å². The summed E-state index contributed by atoms with van der Waals surface area (Å²) in [7, 11) is 1.96. The zero-order valence-corrected chi connectivity index (χ0v) is 11.9. The molecule has 0 spiro atoms. The minimum atomic E-state index is -0.453. The second kappa shape index (κ2) is 4.99. The Kier molecular flexibility index (Phi) is 3.75. The van der Waals surface area contributed by atoms with E-state index in [1.54, 1.807) is 0 Å². The van der Waals surface area contributed by atoms with Crippen molar-refractivity contribution in [2.24, 2.45) is 7.05 Å². The van der Waals surface area contributed by atoms with Crippen molar-refractivity contribution >= 4 is 0 Å². The number of hydrogen-bond donors (Lipinski definition) is 1. The molecule has 5 heteroatoms. The van der Waals surface area contributed by atoms with Crippen molar-refractivity contribution in [2.45, 2.75) is 45.6 Å². The van der Waals surface area contributed by atoms with Crippen LogP contribution in [0.3, 0.4) is 0 Å². The van der Waals surface area contributed by atoms with Crippen LogP contribution >= 0.6 is 0 Å². The Morgan fingerprint density at radius 2 is 2.06 bits per heavy atom. The number of hydrogen-bond acceptors (Lipinski definition) is 4. The third kappa shape index (κ3) is 2.91. The third-order valence-corrected chi connectivity index (χ3v) is 3.49. The van der Waals surface area contributed by atoms with Crippen molar-refractivity contribution in [3.8, 4) is 0 Å². The fraction of sp³-hybridized carbons (Fsp3) is 0.769. The van der Waals surface area contributed by atoms with Crippen LogP contribution in [0.25, 0.3) is 0 Å². The Bertz CT molecular complexity index is 404. The molecule has 0 aliphatic carbocycles. The molecular weight excluding hydrogens is 230 g/mol. The highest BCUT2D eigenvalue weighted by Crippen LogP contribution is 2.21. The lowest BCUT2D eigenvalue weighted by atomic mass is 10.1. The number of ether oxygens (including phenoxy) is 2. The number of aromatic nitrogens is 2. The summed E-state index contributed by atoms with van der Waals surface area (Å²) in [5.41, 5.74) is 2.41. The fourth-order valence-corrected chi connectivity index (χ4v) is 2.17. The molecule has 0 saturated carbocycles. The van der Waals surface area contributed by atoms with E-state index in [1.807, 2.05) is 31.8 Å². The van der Waals surface area contributed by atoms with Gasteiger partial charge in [0, 0.05) is 24.3 Å². The van der Waals surface area contributed by atoms with Gasteiger partial charge in [0.15, 0.2) is 5.79 Å². The number of nitrogens with zero attached hydrogens (tertiary/aromatic N) is 2. The van der Waals surface area contributed by atoms with Crippen molar-refractivity contribution in [3.05, 3.63) is 17.5 Å². The van der Waals surface area contributed by atoms with E-state index in [2.05, 4.69) is 24.3 Å². The van der Waals surface area contributed by atoms with Crippen LogP contribution in [0.5, 0.6) is 0 Å². The van der Waals surface area contributed by atoms with Crippen LogP contribution in [-0.4, -0.2) is 34.8 Å². The van der Waals surface area contributed by atoms with Crippen molar-refractivity contribution in [1.82, 2.24) is 15.1 Å². The van der Waals surface area contributed by atoms with Crippen LogP contribution in [0.15, 0.2) is 6.20 Å². The first kappa shape index (κ1) is 13.5. The number of nitrogens with one attached hydrogen (secondary N) is 1. The van der Waals surface area contributed by atoms with Crippen molar-refractivity contribution in [1.29, 1.82) is 0 Å². The van der Waals surface area contributed by atoms with Crippen molar-refractivity contribution < 1.29 is 9.47 Å². The summed E-state index contributed by atoms with van der Waals surface area (Å²) < 4.78 is 13.2. The summed E-state index contributed by atoms with van der Waals surface area (Å²) in [5.74, 6) is -0.453. The summed E-state index contributed by atoms with van der Waals surface area (Å²) in [6.07, 6.45) is 1.92. The van der Waals surface area contributed by atoms with Crippen LogP contribution in [0, 0.1) is 6.92 Å². The zero-order valence-electron chi connectivity index (χ0n) is 11.9. The molecule has 102 valence electrons. The van der Waals surface area contributed by atoms with Gasteiger partial charge < -0.3 is 14.8 Å². The largest absolute Gasteiger partial charge is 0.349 e. The van der Waals surface area contributed by atoms with E-state index in [1.165, 1.54) is 11.3 Å². The van der Waals surface area contributed by atoms with Crippen LogP contribution in [-0.2, 0) is 16.5 Å². The van der Waals surface area contributed by atoms with Gasteiger partial charge in [0.2, 0.25) is 0 Å². The molecule has 1 aliphatic heterocycles. The van der Waals surface area contributed by atoms with Crippen LogP contribution in [0.4, 0.5) is 0 Å². The van der Waals surface area contributed by atoms with Crippen molar-refractivity contribution in [3.63, 3.8) is 0 Å². The molecule has 1 fully saturated rings. The second-order valence-electron chi connectivity index (χ2n) is 5.42. The fourth-order valence-electron chi connectivity index (χ4n) is 2.17. The predicted octanol–water partition coefficient (Wildman–Crippen LogP) is 1.53. The molecule has 1 aliphatic rings. The SMILES string of the molecule is Cc1c(C(C)NC2COC(C)(C)OC2)cnn1C. The lowest BCUT2D eigenvalue weighted by Crippen LogP contribution is -2.49. The Balaban J connectivity index is 1.92. The maximum absolute atomic E-state index is 5.64. The zero-order chi connectivity index (χ0) is 13.3. The van der Waals surface area contributed by atoms with Gasteiger partial charge in [-0.2, -0.15) is 5.10 Å². The van der Waals surface area contributed by atoms with Gasteiger partial charge in [0.05, 0.1) is 25.5 Å². The lowest BCUT2D eigenvalue weighted by molar-refractivity contribution is -0.253. The first-order chi connectivity index (χ1) is 8.39. The first-order valence-corrected chi connectivity index (χ1v) is 6.41. The number of rotatable bonds is 3. The van der Waals surface area contributed by atoms with Crippen molar-refractivity contribution in [2.75, 3.05) is 13.2 Å². The maximum Gasteiger partial charge on any atom is 0.162 e. The molecule has 0 bridgehead atoms. The molecule has 5 nitrogen and oxygen atoms in total. The molecule has 2 heterocycles. The minimum absolute atomic E-state index is 0.229. The molecule has 0 aromatic carbocycles. The van der Waals surface area contributed by atoms with E-state index in [4.69, 9.17) is 9.47 Å². The lowest BCUT2D eigenvalue weighted by Gasteiger charge is -2.36. The van der Waals surface area contributed by atoms with Gasteiger partial charge in [-0.05, 0) is 27.7 Å². The second-order valence-corrected chi connectivity index (χ2v) is 5.42. The topological polar surface area (TPSA) is 48.3 Å². The molecule has 0 radical (unpaired) electrons. The van der Waals surface area contributed by atoms with Crippen LogP contribution in [0.1, 0.15) is 38.1 Å². The van der Waals surface area contributed by atoms with E-state index >= 15 is 0 Å². The quantitative estimate of drug-likeness (QED) is 0.887. The van der Waals surface area contributed by atoms with E-state index in [0.29, 0.717) is 13.2 Å². The molecule has 1 unspecified atom stereocenters. The highest BCUT2D eigenvalue weighted by atomic mass is 16.7. The molecule has 1 aromatic heterocycles. The summed E-state index contributed by atoms with van der Waals surface area (Å²) >= 11 is 0. The Hall–Kier alpha value is -0.910. The molecule has 1 atom stereocenters. The van der Waals surface area contributed by atoms with Gasteiger partial charge in [-0.15, -0.1) is 0 Å². The molecule has 18 heavy (non-hydrogen) atoms. The minimum Gasteiger partial charge on any atom is -0.349 e. The monoisotopic (exact) mass is 253 g/mol. The smallest absolute Gasteiger partial charge is 0.162 e. The van der Waals surface area contributed by atoms with Gasteiger partial charge in [-0.25, -0.2) is 0 Å². The molecule has 2 rings (SSSR count). The van der Waals surface area contributed by atoms with Gasteiger partial charge >= 0.3 is 0 Å². The van der Waals surface area contributed by atoms with Gasteiger partial charge in [-0.1, -0.05) is 0 Å². The predicted molar refractivity (Wildman–Crippen MR) is 69.3 cm³/mol. The average Bonchev–Trinajstić information content (AvgIpc) is 2.63. The highest BCUT2D eigenvalue weighted by Gasteiger charge is 2.29. The average molecular weight is 253 g/mol. The Morgan fingerprint density at radius 3 is 2.56 bits per heavy atom. The van der Waals surface area contributed by atoms with E-state index in [9.17, 15) is 0 Å². The van der Waals surface area contributed by atoms with E-state index in [0.717, 1.165) is 0 Å².